The quantitative estimate of drug-likeness (QED) is 0.856. The smallest absolute Gasteiger partial charge is 0.239 e. The van der Waals surface area contributed by atoms with E-state index in [1.807, 2.05) is 17.0 Å². The fourth-order valence-corrected chi connectivity index (χ4v) is 3.76. The van der Waals surface area contributed by atoms with Crippen molar-refractivity contribution in [1.82, 2.24) is 4.90 Å². The van der Waals surface area contributed by atoms with Crippen LogP contribution in [0.5, 0.6) is 11.5 Å². The molecule has 26 heavy (non-hydrogen) atoms. The summed E-state index contributed by atoms with van der Waals surface area (Å²) in [5.41, 5.74) is 8.71. The van der Waals surface area contributed by atoms with Crippen molar-refractivity contribution < 1.29 is 19.0 Å². The van der Waals surface area contributed by atoms with Crippen LogP contribution in [0.1, 0.15) is 24.0 Å². The van der Waals surface area contributed by atoms with E-state index >= 15 is 0 Å². The van der Waals surface area contributed by atoms with Gasteiger partial charge in [0, 0.05) is 26.3 Å². The molecule has 0 aromatic heterocycles. The number of nitrogens with two attached hydrogens (primary N) is 1. The summed E-state index contributed by atoms with van der Waals surface area (Å²) in [6.07, 6.45) is 3.36. The molecule has 3 rings (SSSR count). The molecule has 2 N–H and O–H groups in total. The summed E-state index contributed by atoms with van der Waals surface area (Å²) in [6, 6.07) is 3.63. The number of rotatable bonds is 4. The van der Waals surface area contributed by atoms with Crippen LogP contribution in [0.4, 0.5) is 0 Å². The molecular formula is C19H29ClN2O4. The van der Waals surface area contributed by atoms with Crippen LogP contribution in [-0.2, 0) is 22.4 Å². The van der Waals surface area contributed by atoms with Gasteiger partial charge in [0.15, 0.2) is 11.5 Å². The van der Waals surface area contributed by atoms with Gasteiger partial charge in [0.25, 0.3) is 0 Å². The van der Waals surface area contributed by atoms with Gasteiger partial charge in [-0.25, -0.2) is 0 Å². The van der Waals surface area contributed by atoms with Gasteiger partial charge in [-0.05, 0) is 54.9 Å². The highest BCUT2D eigenvalue weighted by Gasteiger charge is 2.30. The van der Waals surface area contributed by atoms with Gasteiger partial charge in [0.1, 0.15) is 0 Å². The molecular weight excluding hydrogens is 356 g/mol. The molecule has 6 nitrogen and oxygen atoms in total. The number of fused-ring (bicyclic) bond motifs is 1. The zero-order valence-electron chi connectivity index (χ0n) is 15.5. The summed E-state index contributed by atoms with van der Waals surface area (Å²) in [5.74, 6) is 1.77. The van der Waals surface area contributed by atoms with E-state index in [1.54, 1.807) is 14.2 Å². The largest absolute Gasteiger partial charge is 0.493 e. The SMILES string of the molecule is COc1cc2c(cc1OC)CCN(C(=O)C(N)C1CCOCC1)CC2.Cl. The van der Waals surface area contributed by atoms with Crippen LogP contribution in [0.15, 0.2) is 12.1 Å². The number of halogens is 1. The first kappa shape index (κ1) is 20.8. The van der Waals surface area contributed by atoms with Crippen molar-refractivity contribution in [3.05, 3.63) is 23.3 Å². The third-order valence-electron chi connectivity index (χ3n) is 5.38. The fourth-order valence-electron chi connectivity index (χ4n) is 3.76. The van der Waals surface area contributed by atoms with E-state index in [-0.39, 0.29) is 24.2 Å². The first-order valence-electron chi connectivity index (χ1n) is 9.00. The van der Waals surface area contributed by atoms with Crippen molar-refractivity contribution in [1.29, 1.82) is 0 Å². The van der Waals surface area contributed by atoms with Crippen LogP contribution < -0.4 is 15.2 Å². The number of amides is 1. The normalized spacial score (nSPS) is 19.0. The first-order valence-corrected chi connectivity index (χ1v) is 9.00. The van der Waals surface area contributed by atoms with Crippen LogP contribution >= 0.6 is 12.4 Å². The van der Waals surface area contributed by atoms with Gasteiger partial charge in [-0.3, -0.25) is 4.79 Å². The summed E-state index contributed by atoms with van der Waals surface area (Å²) in [6.45, 7) is 2.80. The number of nitrogens with zero attached hydrogens (tertiary/aromatic N) is 1. The van der Waals surface area contributed by atoms with Gasteiger partial charge in [0.2, 0.25) is 5.91 Å². The molecule has 2 aliphatic heterocycles. The lowest BCUT2D eigenvalue weighted by molar-refractivity contribution is -0.134. The van der Waals surface area contributed by atoms with E-state index in [0.29, 0.717) is 26.3 Å². The summed E-state index contributed by atoms with van der Waals surface area (Å²) < 4.78 is 16.2. The van der Waals surface area contributed by atoms with E-state index in [0.717, 1.165) is 37.2 Å². The number of benzene rings is 1. The second kappa shape index (κ2) is 9.44. The maximum atomic E-state index is 12.9. The Morgan fingerprint density at radius 2 is 1.62 bits per heavy atom. The lowest BCUT2D eigenvalue weighted by atomic mass is 9.91. The molecule has 1 aromatic rings. The molecule has 1 atom stereocenters. The van der Waals surface area contributed by atoms with E-state index in [4.69, 9.17) is 19.9 Å². The lowest BCUT2D eigenvalue weighted by Crippen LogP contribution is -2.49. The van der Waals surface area contributed by atoms with Gasteiger partial charge >= 0.3 is 0 Å². The number of ether oxygens (including phenoxy) is 3. The zero-order chi connectivity index (χ0) is 17.8. The summed E-state index contributed by atoms with van der Waals surface area (Å²) in [5, 5.41) is 0. The predicted molar refractivity (Wildman–Crippen MR) is 102 cm³/mol. The molecule has 0 bridgehead atoms. The Hall–Kier alpha value is -1.50. The highest BCUT2D eigenvalue weighted by molar-refractivity contribution is 5.85. The van der Waals surface area contributed by atoms with Crippen LogP contribution in [0.2, 0.25) is 0 Å². The van der Waals surface area contributed by atoms with E-state index in [2.05, 4.69) is 0 Å². The van der Waals surface area contributed by atoms with E-state index in [1.165, 1.54) is 11.1 Å². The van der Waals surface area contributed by atoms with Crippen molar-refractivity contribution in [2.24, 2.45) is 11.7 Å². The van der Waals surface area contributed by atoms with Gasteiger partial charge in [-0.2, -0.15) is 0 Å². The van der Waals surface area contributed by atoms with Gasteiger partial charge in [0.05, 0.1) is 20.3 Å². The molecule has 1 amide bonds. The van der Waals surface area contributed by atoms with Gasteiger partial charge < -0.3 is 24.8 Å². The summed E-state index contributed by atoms with van der Waals surface area (Å²) >= 11 is 0. The van der Waals surface area contributed by atoms with Gasteiger partial charge in [-0.15, -0.1) is 12.4 Å². The molecule has 0 aliphatic carbocycles. The molecule has 7 heteroatoms. The molecule has 146 valence electrons. The molecule has 0 spiro atoms. The molecule has 2 heterocycles. The predicted octanol–water partition coefficient (Wildman–Crippen LogP) is 1.81. The Morgan fingerprint density at radius 3 is 2.08 bits per heavy atom. The minimum absolute atomic E-state index is 0. The van der Waals surface area contributed by atoms with Crippen LogP contribution in [0.25, 0.3) is 0 Å². The van der Waals surface area contributed by atoms with E-state index in [9.17, 15) is 4.79 Å². The summed E-state index contributed by atoms with van der Waals surface area (Å²) in [7, 11) is 3.29. The maximum absolute atomic E-state index is 12.9. The number of methoxy groups -OCH3 is 2. The summed E-state index contributed by atoms with van der Waals surface area (Å²) in [4.78, 5) is 14.8. The second-order valence-electron chi connectivity index (χ2n) is 6.78. The first-order chi connectivity index (χ1) is 12.1. The highest BCUT2D eigenvalue weighted by atomic mass is 35.5. The molecule has 0 radical (unpaired) electrons. The molecule has 1 saturated heterocycles. The van der Waals surface area contributed by atoms with Crippen molar-refractivity contribution in [2.75, 3.05) is 40.5 Å². The van der Waals surface area contributed by atoms with Crippen molar-refractivity contribution in [3.63, 3.8) is 0 Å². The standard InChI is InChI=1S/C19H28N2O4.ClH/c1-23-16-11-14-3-7-21(8-4-15(14)12-17(16)24-2)19(22)18(20)13-5-9-25-10-6-13;/h11-13,18H,3-10,20H2,1-2H3;1H. The van der Waals surface area contributed by atoms with Crippen molar-refractivity contribution in [2.45, 2.75) is 31.7 Å². The van der Waals surface area contributed by atoms with Crippen LogP contribution in [0, 0.1) is 5.92 Å². The Morgan fingerprint density at radius 1 is 1.12 bits per heavy atom. The number of carbonyl (C=O) groups excluding carboxylic acids is 1. The average Bonchev–Trinajstić information content (AvgIpc) is 2.88. The van der Waals surface area contributed by atoms with Crippen molar-refractivity contribution in [3.8, 4) is 11.5 Å². The molecule has 1 fully saturated rings. The second-order valence-corrected chi connectivity index (χ2v) is 6.78. The van der Waals surface area contributed by atoms with Gasteiger partial charge in [-0.1, -0.05) is 0 Å². The Bertz CT molecular complexity index is 585. The third-order valence-corrected chi connectivity index (χ3v) is 5.38. The van der Waals surface area contributed by atoms with Crippen molar-refractivity contribution >= 4 is 18.3 Å². The van der Waals surface area contributed by atoms with Crippen LogP contribution in [0.3, 0.4) is 0 Å². The van der Waals surface area contributed by atoms with E-state index < -0.39 is 6.04 Å². The number of hydrogen-bond acceptors (Lipinski definition) is 5. The fraction of sp³-hybridized carbons (Fsp3) is 0.632. The van der Waals surface area contributed by atoms with Crippen LogP contribution in [-0.4, -0.2) is 57.4 Å². The minimum Gasteiger partial charge on any atom is -0.493 e. The molecule has 2 aliphatic rings. The Kier molecular flexibility index (Phi) is 7.55. The maximum Gasteiger partial charge on any atom is 0.239 e. The minimum atomic E-state index is -0.422. The lowest BCUT2D eigenvalue weighted by Gasteiger charge is -2.31. The molecule has 1 aromatic carbocycles. The topological polar surface area (TPSA) is 74.0 Å². The third kappa shape index (κ3) is 4.42. The molecule has 1 unspecified atom stereocenters. The number of carbonyl (C=O) groups is 1. The Balaban J connectivity index is 0.00000243. The number of hydrogen-bond donors (Lipinski definition) is 1. The Labute approximate surface area is 161 Å². The highest BCUT2D eigenvalue weighted by Crippen LogP contribution is 2.32. The average molecular weight is 385 g/mol. The molecule has 0 saturated carbocycles. The monoisotopic (exact) mass is 384 g/mol. The zero-order valence-corrected chi connectivity index (χ0v) is 16.3.